The Morgan fingerprint density at radius 2 is 2.07 bits per heavy atom. The average Bonchev–Trinajstić information content (AvgIpc) is 2.30. The van der Waals surface area contributed by atoms with Gasteiger partial charge < -0.3 is 0 Å². The number of benzene rings is 1. The Kier molecular flexibility index (Phi) is 4.31. The van der Waals surface area contributed by atoms with Crippen molar-refractivity contribution < 1.29 is 10.0 Å². The van der Waals surface area contributed by atoms with Crippen LogP contribution < -0.4 is 5.48 Å². The predicted molar refractivity (Wildman–Crippen MR) is 59.0 cm³/mol. The molecule has 0 unspecified atom stereocenters. The molecule has 0 fully saturated rings. The Morgan fingerprint density at radius 3 is 2.60 bits per heavy atom. The molecule has 0 bridgehead atoms. The number of amides is 1. The first kappa shape index (κ1) is 11.7. The van der Waals surface area contributed by atoms with Crippen LogP contribution in [0.25, 0.3) is 0 Å². The maximum absolute atomic E-state index is 11.2. The summed E-state index contributed by atoms with van der Waals surface area (Å²) in [7, 11) is 0. The zero-order valence-electron chi connectivity index (χ0n) is 9.16. The number of hydrogen-bond donors (Lipinski definition) is 2. The van der Waals surface area contributed by atoms with Gasteiger partial charge in [-0.1, -0.05) is 26.0 Å². The molecular weight excluding hydrogens is 190 g/mol. The molecule has 0 radical (unpaired) electrons. The molecule has 0 aliphatic carbocycles. The van der Waals surface area contributed by atoms with Crippen molar-refractivity contribution in [1.82, 2.24) is 5.48 Å². The van der Waals surface area contributed by atoms with Crippen molar-refractivity contribution in [3.8, 4) is 0 Å². The second-order valence-corrected chi connectivity index (χ2v) is 3.58. The van der Waals surface area contributed by atoms with Crippen molar-refractivity contribution in [2.75, 3.05) is 0 Å². The van der Waals surface area contributed by atoms with Crippen LogP contribution in [0, 0.1) is 0 Å². The summed E-state index contributed by atoms with van der Waals surface area (Å²) in [4.78, 5) is 11.2. The molecule has 0 saturated carbocycles. The fourth-order valence-corrected chi connectivity index (χ4v) is 1.76. The van der Waals surface area contributed by atoms with Crippen LogP contribution >= 0.6 is 0 Å². The zero-order chi connectivity index (χ0) is 11.3. The molecular formula is C12H17NO2. The van der Waals surface area contributed by atoms with E-state index in [9.17, 15) is 4.79 Å². The molecule has 1 aromatic rings. The fourth-order valence-electron chi connectivity index (χ4n) is 1.76. The number of rotatable bonds is 4. The van der Waals surface area contributed by atoms with Gasteiger partial charge in [0.05, 0.1) is 0 Å². The van der Waals surface area contributed by atoms with Crippen LogP contribution in [0.4, 0.5) is 0 Å². The SMILES string of the molecule is CCC(CC)c1cccc(C(=O)NO)c1. The maximum Gasteiger partial charge on any atom is 0.274 e. The van der Waals surface area contributed by atoms with E-state index in [4.69, 9.17) is 5.21 Å². The molecule has 0 spiro atoms. The largest absolute Gasteiger partial charge is 0.288 e. The first-order valence-corrected chi connectivity index (χ1v) is 5.27. The van der Waals surface area contributed by atoms with Crippen LogP contribution in [0.5, 0.6) is 0 Å². The van der Waals surface area contributed by atoms with Crippen LogP contribution in [0.2, 0.25) is 0 Å². The number of hydrogen-bond acceptors (Lipinski definition) is 2. The van der Waals surface area contributed by atoms with E-state index in [0.717, 1.165) is 18.4 Å². The lowest BCUT2D eigenvalue weighted by molar-refractivity contribution is 0.0706. The Morgan fingerprint density at radius 1 is 1.40 bits per heavy atom. The molecule has 0 atom stereocenters. The van der Waals surface area contributed by atoms with E-state index in [-0.39, 0.29) is 0 Å². The third kappa shape index (κ3) is 2.80. The summed E-state index contributed by atoms with van der Waals surface area (Å²) < 4.78 is 0. The van der Waals surface area contributed by atoms with E-state index < -0.39 is 5.91 Å². The second-order valence-electron chi connectivity index (χ2n) is 3.58. The van der Waals surface area contributed by atoms with Gasteiger partial charge in [-0.15, -0.1) is 0 Å². The molecule has 3 nitrogen and oxygen atoms in total. The van der Waals surface area contributed by atoms with Crippen molar-refractivity contribution in [2.24, 2.45) is 0 Å². The smallest absolute Gasteiger partial charge is 0.274 e. The molecule has 0 saturated heterocycles. The van der Waals surface area contributed by atoms with E-state index in [2.05, 4.69) is 13.8 Å². The van der Waals surface area contributed by atoms with Crippen LogP contribution in [-0.4, -0.2) is 11.1 Å². The minimum atomic E-state index is -0.456. The normalized spacial score (nSPS) is 10.4. The minimum absolute atomic E-state index is 0.456. The van der Waals surface area contributed by atoms with E-state index >= 15 is 0 Å². The van der Waals surface area contributed by atoms with Gasteiger partial charge in [0.15, 0.2) is 0 Å². The van der Waals surface area contributed by atoms with E-state index in [0.29, 0.717) is 11.5 Å². The third-order valence-corrected chi connectivity index (χ3v) is 2.71. The van der Waals surface area contributed by atoms with Crippen molar-refractivity contribution >= 4 is 5.91 Å². The lowest BCUT2D eigenvalue weighted by Crippen LogP contribution is -2.18. The van der Waals surface area contributed by atoms with Gasteiger partial charge >= 0.3 is 0 Å². The topological polar surface area (TPSA) is 49.3 Å². The molecule has 82 valence electrons. The van der Waals surface area contributed by atoms with Gasteiger partial charge in [-0.05, 0) is 36.5 Å². The highest BCUT2D eigenvalue weighted by Gasteiger charge is 2.09. The van der Waals surface area contributed by atoms with Gasteiger partial charge in [0.25, 0.3) is 5.91 Å². The Labute approximate surface area is 90.1 Å². The predicted octanol–water partition coefficient (Wildman–Crippen LogP) is 2.71. The highest BCUT2D eigenvalue weighted by atomic mass is 16.5. The molecule has 3 heteroatoms. The molecule has 0 aromatic heterocycles. The molecule has 15 heavy (non-hydrogen) atoms. The van der Waals surface area contributed by atoms with Crippen LogP contribution in [0.15, 0.2) is 24.3 Å². The minimum Gasteiger partial charge on any atom is -0.288 e. The Balaban J connectivity index is 2.96. The van der Waals surface area contributed by atoms with Crippen LogP contribution in [-0.2, 0) is 0 Å². The summed E-state index contributed by atoms with van der Waals surface area (Å²) in [6.45, 7) is 4.26. The number of carbonyl (C=O) groups is 1. The summed E-state index contributed by atoms with van der Waals surface area (Å²) in [5.41, 5.74) is 3.30. The van der Waals surface area contributed by atoms with Gasteiger partial charge in [0.1, 0.15) is 0 Å². The highest BCUT2D eigenvalue weighted by molar-refractivity contribution is 5.93. The summed E-state index contributed by atoms with van der Waals surface area (Å²) in [6, 6.07) is 7.39. The fraction of sp³-hybridized carbons (Fsp3) is 0.417. The van der Waals surface area contributed by atoms with Gasteiger partial charge in [-0.25, -0.2) is 5.48 Å². The molecule has 1 aromatic carbocycles. The second kappa shape index (κ2) is 5.51. The third-order valence-electron chi connectivity index (χ3n) is 2.71. The Hall–Kier alpha value is -1.35. The first-order valence-electron chi connectivity index (χ1n) is 5.27. The standard InChI is InChI=1S/C12H17NO2/c1-3-9(4-2)10-6-5-7-11(8-10)12(14)13-15/h5-9,15H,3-4H2,1-2H3,(H,13,14). The summed E-state index contributed by atoms with van der Waals surface area (Å²) in [5, 5.41) is 8.53. The zero-order valence-corrected chi connectivity index (χ0v) is 9.16. The van der Waals surface area contributed by atoms with E-state index in [1.54, 1.807) is 11.5 Å². The number of nitrogens with one attached hydrogen (secondary N) is 1. The lowest BCUT2D eigenvalue weighted by Gasteiger charge is -2.13. The average molecular weight is 207 g/mol. The molecule has 0 aliphatic heterocycles. The van der Waals surface area contributed by atoms with Crippen molar-refractivity contribution in [1.29, 1.82) is 0 Å². The maximum atomic E-state index is 11.2. The van der Waals surface area contributed by atoms with Gasteiger partial charge in [0.2, 0.25) is 0 Å². The van der Waals surface area contributed by atoms with Crippen molar-refractivity contribution in [2.45, 2.75) is 32.6 Å². The van der Waals surface area contributed by atoms with E-state index in [1.165, 1.54) is 0 Å². The van der Waals surface area contributed by atoms with Crippen molar-refractivity contribution in [3.05, 3.63) is 35.4 Å². The van der Waals surface area contributed by atoms with E-state index in [1.807, 2.05) is 18.2 Å². The van der Waals surface area contributed by atoms with Crippen molar-refractivity contribution in [3.63, 3.8) is 0 Å². The monoisotopic (exact) mass is 207 g/mol. The quantitative estimate of drug-likeness (QED) is 0.589. The lowest BCUT2D eigenvalue weighted by atomic mass is 9.93. The summed E-state index contributed by atoms with van der Waals surface area (Å²) >= 11 is 0. The van der Waals surface area contributed by atoms with Gasteiger partial charge in [-0.2, -0.15) is 0 Å². The van der Waals surface area contributed by atoms with Gasteiger partial charge in [0, 0.05) is 5.56 Å². The Bertz CT molecular complexity index is 332. The summed E-state index contributed by atoms with van der Waals surface area (Å²) in [5.74, 6) is 0.0271. The molecule has 2 N–H and O–H groups in total. The van der Waals surface area contributed by atoms with Crippen LogP contribution in [0.3, 0.4) is 0 Å². The first-order chi connectivity index (χ1) is 7.22. The molecule has 1 amide bonds. The van der Waals surface area contributed by atoms with Gasteiger partial charge in [-0.3, -0.25) is 10.0 Å². The number of hydroxylamine groups is 1. The molecule has 1 rings (SSSR count). The highest BCUT2D eigenvalue weighted by Crippen LogP contribution is 2.23. The number of carbonyl (C=O) groups excluding carboxylic acids is 1. The molecule has 0 heterocycles. The molecule has 0 aliphatic rings. The summed E-state index contributed by atoms with van der Waals surface area (Å²) in [6.07, 6.45) is 2.11. The van der Waals surface area contributed by atoms with Crippen LogP contribution in [0.1, 0.15) is 48.5 Å².